The highest BCUT2D eigenvalue weighted by atomic mass is 19.1. The Hall–Kier alpha value is -4.00. The molecule has 0 saturated carbocycles. The van der Waals surface area contributed by atoms with E-state index < -0.39 is 0 Å². The molecule has 0 bridgehead atoms. The van der Waals surface area contributed by atoms with Crippen LogP contribution >= 0.6 is 0 Å². The van der Waals surface area contributed by atoms with E-state index in [9.17, 15) is 9.18 Å². The summed E-state index contributed by atoms with van der Waals surface area (Å²) in [6, 6.07) is 21.9. The van der Waals surface area contributed by atoms with Crippen LogP contribution in [-0.2, 0) is 6.54 Å². The molecule has 1 atom stereocenters. The normalized spacial score (nSPS) is 11.6. The van der Waals surface area contributed by atoms with E-state index in [1.807, 2.05) is 30.3 Å². The molecule has 1 N–H and O–H groups in total. The molecule has 0 radical (unpaired) electrons. The summed E-state index contributed by atoms with van der Waals surface area (Å²) in [7, 11) is 0. The molecule has 0 aliphatic heterocycles. The van der Waals surface area contributed by atoms with E-state index in [0.717, 1.165) is 5.56 Å². The molecule has 0 aliphatic carbocycles. The Bertz CT molecular complexity index is 1100. The van der Waals surface area contributed by atoms with Gasteiger partial charge in [-0.05, 0) is 48.0 Å². The van der Waals surface area contributed by atoms with Gasteiger partial charge in [0.25, 0.3) is 5.91 Å². The van der Waals surface area contributed by atoms with Gasteiger partial charge in [-0.3, -0.25) is 4.79 Å². The monoisotopic (exact) mass is 402 g/mol. The predicted molar refractivity (Wildman–Crippen MR) is 110 cm³/mol. The second-order valence-electron chi connectivity index (χ2n) is 6.60. The topological polar surface area (TPSA) is 69.0 Å². The molecule has 0 aliphatic rings. The standard InChI is InChI=1S/C23H19FN4O2/c24-19-9-11-20(12-10-19)30-21-8-4-7-18(15-21)23(29)27-22(16-28-25-13-14-26-28)17-5-2-1-3-6-17/h1-15,22H,16H2,(H,27,29). The molecule has 150 valence electrons. The van der Waals surface area contributed by atoms with Crippen LogP contribution in [0.4, 0.5) is 4.39 Å². The van der Waals surface area contributed by atoms with Gasteiger partial charge in [0.2, 0.25) is 0 Å². The third kappa shape index (κ3) is 4.88. The first-order valence-corrected chi connectivity index (χ1v) is 9.41. The first kappa shape index (κ1) is 19.3. The van der Waals surface area contributed by atoms with Gasteiger partial charge in [0.1, 0.15) is 17.3 Å². The third-order valence-electron chi connectivity index (χ3n) is 4.47. The lowest BCUT2D eigenvalue weighted by Crippen LogP contribution is -2.32. The number of benzene rings is 3. The van der Waals surface area contributed by atoms with Crippen LogP contribution in [0.25, 0.3) is 0 Å². The molecule has 1 unspecified atom stereocenters. The summed E-state index contributed by atoms with van der Waals surface area (Å²) in [6.45, 7) is 0.397. The molecule has 0 saturated heterocycles. The zero-order valence-electron chi connectivity index (χ0n) is 16.0. The van der Waals surface area contributed by atoms with Gasteiger partial charge in [0.05, 0.1) is 25.0 Å². The fourth-order valence-electron chi connectivity index (χ4n) is 3.00. The number of hydrogen-bond acceptors (Lipinski definition) is 4. The number of nitrogens with one attached hydrogen (secondary N) is 1. The van der Waals surface area contributed by atoms with Gasteiger partial charge in [-0.25, -0.2) is 4.39 Å². The number of amides is 1. The van der Waals surface area contributed by atoms with Crippen LogP contribution in [0.2, 0.25) is 0 Å². The van der Waals surface area contributed by atoms with Gasteiger partial charge >= 0.3 is 0 Å². The van der Waals surface area contributed by atoms with E-state index in [4.69, 9.17) is 4.74 Å². The van der Waals surface area contributed by atoms with Gasteiger partial charge in [-0.15, -0.1) is 0 Å². The lowest BCUT2D eigenvalue weighted by atomic mass is 10.1. The number of ether oxygens (including phenoxy) is 1. The van der Waals surface area contributed by atoms with E-state index in [2.05, 4.69) is 15.5 Å². The Morgan fingerprint density at radius 1 is 0.933 bits per heavy atom. The molecule has 6 nitrogen and oxygen atoms in total. The lowest BCUT2D eigenvalue weighted by Gasteiger charge is -2.19. The molecular formula is C23H19FN4O2. The number of hydrogen-bond donors (Lipinski definition) is 1. The largest absolute Gasteiger partial charge is 0.457 e. The summed E-state index contributed by atoms with van der Waals surface area (Å²) in [4.78, 5) is 14.5. The maximum atomic E-state index is 13.1. The summed E-state index contributed by atoms with van der Waals surface area (Å²) in [5, 5.41) is 11.3. The fourth-order valence-corrected chi connectivity index (χ4v) is 3.00. The van der Waals surface area contributed by atoms with E-state index >= 15 is 0 Å². The van der Waals surface area contributed by atoms with Gasteiger partial charge in [-0.1, -0.05) is 36.4 Å². The summed E-state index contributed by atoms with van der Waals surface area (Å²) >= 11 is 0. The second kappa shape index (κ2) is 9.00. The second-order valence-corrected chi connectivity index (χ2v) is 6.60. The Morgan fingerprint density at radius 3 is 2.40 bits per heavy atom. The number of nitrogens with zero attached hydrogens (tertiary/aromatic N) is 3. The highest BCUT2D eigenvalue weighted by Gasteiger charge is 2.17. The Morgan fingerprint density at radius 2 is 1.67 bits per heavy atom. The van der Waals surface area contributed by atoms with Crippen molar-refractivity contribution in [3.05, 3.63) is 108 Å². The molecule has 1 aromatic heterocycles. The number of rotatable bonds is 7. The van der Waals surface area contributed by atoms with Crippen molar-refractivity contribution < 1.29 is 13.9 Å². The van der Waals surface area contributed by atoms with E-state index in [1.54, 1.807) is 36.7 Å². The number of carbonyl (C=O) groups is 1. The molecule has 7 heteroatoms. The van der Waals surface area contributed by atoms with Crippen LogP contribution in [-0.4, -0.2) is 20.9 Å². The predicted octanol–water partition coefficient (Wildman–Crippen LogP) is 4.38. The number of halogens is 1. The highest BCUT2D eigenvalue weighted by molar-refractivity contribution is 5.94. The average molecular weight is 402 g/mol. The zero-order chi connectivity index (χ0) is 20.8. The third-order valence-corrected chi connectivity index (χ3v) is 4.47. The van der Waals surface area contributed by atoms with E-state index in [0.29, 0.717) is 23.6 Å². The molecule has 0 spiro atoms. The van der Waals surface area contributed by atoms with Crippen molar-refractivity contribution in [2.24, 2.45) is 0 Å². The number of aromatic nitrogens is 3. The Labute approximate surface area is 172 Å². The minimum Gasteiger partial charge on any atom is -0.457 e. The maximum Gasteiger partial charge on any atom is 0.251 e. The summed E-state index contributed by atoms with van der Waals surface area (Å²) in [5.41, 5.74) is 1.39. The van der Waals surface area contributed by atoms with Crippen LogP contribution in [0.1, 0.15) is 22.0 Å². The van der Waals surface area contributed by atoms with Crippen molar-refractivity contribution in [1.82, 2.24) is 20.3 Å². The maximum absolute atomic E-state index is 13.1. The molecular weight excluding hydrogens is 383 g/mol. The zero-order valence-corrected chi connectivity index (χ0v) is 16.0. The minimum atomic E-state index is -0.339. The van der Waals surface area contributed by atoms with Gasteiger partial charge < -0.3 is 10.1 Å². The van der Waals surface area contributed by atoms with Crippen LogP contribution < -0.4 is 10.1 Å². The van der Waals surface area contributed by atoms with E-state index in [-0.39, 0.29) is 17.8 Å². The van der Waals surface area contributed by atoms with Crippen LogP contribution in [0.5, 0.6) is 11.5 Å². The molecule has 4 aromatic rings. The van der Waals surface area contributed by atoms with Crippen LogP contribution in [0, 0.1) is 5.82 Å². The molecule has 30 heavy (non-hydrogen) atoms. The Balaban J connectivity index is 1.51. The van der Waals surface area contributed by atoms with Crippen molar-refractivity contribution >= 4 is 5.91 Å². The summed E-state index contributed by atoms with van der Waals surface area (Å²) in [6.07, 6.45) is 3.19. The van der Waals surface area contributed by atoms with Gasteiger partial charge in [0, 0.05) is 5.56 Å². The minimum absolute atomic E-state index is 0.249. The van der Waals surface area contributed by atoms with Crippen molar-refractivity contribution in [3.63, 3.8) is 0 Å². The van der Waals surface area contributed by atoms with Crippen molar-refractivity contribution in [1.29, 1.82) is 0 Å². The molecule has 3 aromatic carbocycles. The van der Waals surface area contributed by atoms with E-state index in [1.165, 1.54) is 29.1 Å². The van der Waals surface area contributed by atoms with Gasteiger partial charge in [0.15, 0.2) is 0 Å². The molecule has 4 rings (SSSR count). The molecule has 1 amide bonds. The highest BCUT2D eigenvalue weighted by Crippen LogP contribution is 2.23. The first-order chi connectivity index (χ1) is 14.7. The fraction of sp³-hybridized carbons (Fsp3) is 0.0870. The molecule has 1 heterocycles. The van der Waals surface area contributed by atoms with Crippen molar-refractivity contribution in [2.45, 2.75) is 12.6 Å². The van der Waals surface area contributed by atoms with Crippen LogP contribution in [0.3, 0.4) is 0 Å². The first-order valence-electron chi connectivity index (χ1n) is 9.41. The summed E-state index contributed by atoms with van der Waals surface area (Å²) < 4.78 is 18.8. The SMILES string of the molecule is O=C(NC(Cn1nccn1)c1ccccc1)c1cccc(Oc2ccc(F)cc2)c1. The lowest BCUT2D eigenvalue weighted by molar-refractivity contribution is 0.0930. The summed E-state index contributed by atoms with van der Waals surface area (Å²) in [5.74, 6) is 0.384. The number of carbonyl (C=O) groups excluding carboxylic acids is 1. The molecule has 0 fully saturated rings. The quantitative estimate of drug-likeness (QED) is 0.498. The van der Waals surface area contributed by atoms with Gasteiger partial charge in [-0.2, -0.15) is 15.0 Å². The average Bonchev–Trinajstić information content (AvgIpc) is 3.29. The Kier molecular flexibility index (Phi) is 5.80. The van der Waals surface area contributed by atoms with Crippen molar-refractivity contribution in [3.8, 4) is 11.5 Å². The smallest absolute Gasteiger partial charge is 0.251 e. The van der Waals surface area contributed by atoms with Crippen molar-refractivity contribution in [2.75, 3.05) is 0 Å². The van der Waals surface area contributed by atoms with Crippen LogP contribution in [0.15, 0.2) is 91.3 Å².